The van der Waals surface area contributed by atoms with Crippen LogP contribution in [0.4, 0.5) is 4.39 Å². The molecule has 0 N–H and O–H groups in total. The van der Waals surface area contributed by atoms with Crippen LogP contribution < -0.4 is 0 Å². The molecule has 0 aliphatic heterocycles. The van der Waals surface area contributed by atoms with Crippen molar-refractivity contribution in [3.8, 4) is 5.69 Å². The summed E-state index contributed by atoms with van der Waals surface area (Å²) in [5.74, 6) is 0.512. The average Bonchev–Trinajstić information content (AvgIpc) is 2.68. The number of rotatable bonds is 1. The topological polar surface area (TPSA) is 17.8 Å². The van der Waals surface area contributed by atoms with Crippen LogP contribution in [0.2, 0.25) is 0 Å². The second kappa shape index (κ2) is 4.21. The van der Waals surface area contributed by atoms with Crippen molar-refractivity contribution in [2.45, 2.75) is 6.92 Å². The second-order valence-electron chi connectivity index (χ2n) is 4.08. The first kappa shape index (κ1) is 11.4. The Morgan fingerprint density at radius 2 is 1.94 bits per heavy atom. The van der Waals surface area contributed by atoms with Gasteiger partial charge in [0.05, 0.1) is 16.7 Å². The number of imidazole rings is 1. The van der Waals surface area contributed by atoms with E-state index in [1.165, 1.54) is 6.07 Å². The number of fused-ring (bicyclic) bond motifs is 1. The molecular weight excluding hydrogens is 295 g/mol. The summed E-state index contributed by atoms with van der Waals surface area (Å²) in [7, 11) is 0. The van der Waals surface area contributed by atoms with E-state index in [1.54, 1.807) is 12.1 Å². The number of nitrogens with zero attached hydrogens (tertiary/aromatic N) is 2. The van der Waals surface area contributed by atoms with Gasteiger partial charge in [-0.3, -0.25) is 4.57 Å². The summed E-state index contributed by atoms with van der Waals surface area (Å²) in [4.78, 5) is 4.44. The summed E-state index contributed by atoms with van der Waals surface area (Å²) in [5.41, 5.74) is 2.29. The highest BCUT2D eigenvalue weighted by Crippen LogP contribution is 2.25. The molecule has 0 amide bonds. The van der Waals surface area contributed by atoms with Gasteiger partial charge in [-0.05, 0) is 37.3 Å². The maximum absolute atomic E-state index is 14.0. The minimum absolute atomic E-state index is 0.260. The van der Waals surface area contributed by atoms with Crippen LogP contribution in [0.5, 0.6) is 0 Å². The molecule has 3 rings (SSSR count). The van der Waals surface area contributed by atoms with E-state index in [0.29, 0.717) is 5.69 Å². The number of benzene rings is 2. The molecule has 90 valence electrons. The minimum Gasteiger partial charge on any atom is -0.294 e. The van der Waals surface area contributed by atoms with Crippen LogP contribution in [-0.4, -0.2) is 9.55 Å². The fourth-order valence-electron chi connectivity index (χ4n) is 2.11. The molecule has 3 aromatic rings. The monoisotopic (exact) mass is 304 g/mol. The zero-order chi connectivity index (χ0) is 12.7. The predicted octanol–water partition coefficient (Wildman–Crippen LogP) is 4.24. The Morgan fingerprint density at radius 1 is 1.17 bits per heavy atom. The highest BCUT2D eigenvalue weighted by molar-refractivity contribution is 9.10. The molecule has 0 saturated heterocycles. The van der Waals surface area contributed by atoms with Crippen molar-refractivity contribution in [2.24, 2.45) is 0 Å². The smallest absolute Gasteiger partial charge is 0.147 e. The molecular formula is C14H10BrFN2. The molecule has 0 radical (unpaired) electrons. The second-order valence-corrected chi connectivity index (χ2v) is 4.99. The molecule has 2 nitrogen and oxygen atoms in total. The van der Waals surface area contributed by atoms with Crippen LogP contribution in [0, 0.1) is 12.7 Å². The molecule has 0 aliphatic carbocycles. The van der Waals surface area contributed by atoms with Gasteiger partial charge in [0.2, 0.25) is 0 Å². The number of aromatic nitrogens is 2. The van der Waals surface area contributed by atoms with Crippen molar-refractivity contribution in [3.63, 3.8) is 0 Å². The SMILES string of the molecule is Cc1nc2ccccc2n1-c1cc(Br)ccc1F. The van der Waals surface area contributed by atoms with Gasteiger partial charge in [-0.2, -0.15) is 0 Å². The number of hydrogen-bond acceptors (Lipinski definition) is 1. The van der Waals surface area contributed by atoms with Crippen LogP contribution in [0.3, 0.4) is 0 Å². The Hall–Kier alpha value is -1.68. The van der Waals surface area contributed by atoms with Crippen molar-refractivity contribution in [3.05, 3.63) is 58.6 Å². The molecule has 4 heteroatoms. The zero-order valence-corrected chi connectivity index (χ0v) is 11.3. The van der Waals surface area contributed by atoms with Gasteiger partial charge >= 0.3 is 0 Å². The van der Waals surface area contributed by atoms with Crippen molar-refractivity contribution >= 4 is 27.0 Å². The van der Waals surface area contributed by atoms with Gasteiger partial charge in [0.15, 0.2) is 0 Å². The predicted molar refractivity (Wildman–Crippen MR) is 73.5 cm³/mol. The van der Waals surface area contributed by atoms with E-state index in [4.69, 9.17) is 0 Å². The summed E-state index contributed by atoms with van der Waals surface area (Å²) in [6.45, 7) is 1.88. The van der Waals surface area contributed by atoms with Gasteiger partial charge in [0, 0.05) is 4.47 Å². The third-order valence-electron chi connectivity index (χ3n) is 2.88. The van der Waals surface area contributed by atoms with E-state index in [2.05, 4.69) is 20.9 Å². The van der Waals surface area contributed by atoms with E-state index < -0.39 is 0 Å². The molecule has 0 saturated carbocycles. The lowest BCUT2D eigenvalue weighted by atomic mass is 10.2. The fourth-order valence-corrected chi connectivity index (χ4v) is 2.46. The third-order valence-corrected chi connectivity index (χ3v) is 3.37. The molecule has 0 fully saturated rings. The molecule has 18 heavy (non-hydrogen) atoms. The number of halogens is 2. The summed E-state index contributed by atoms with van der Waals surface area (Å²) < 4.78 is 16.6. The Labute approximate surface area is 112 Å². The van der Waals surface area contributed by atoms with E-state index >= 15 is 0 Å². The highest BCUT2D eigenvalue weighted by atomic mass is 79.9. The Balaban J connectivity index is 2.37. The summed E-state index contributed by atoms with van der Waals surface area (Å²) in [6.07, 6.45) is 0. The highest BCUT2D eigenvalue weighted by Gasteiger charge is 2.12. The van der Waals surface area contributed by atoms with E-state index in [1.807, 2.05) is 35.8 Å². The first-order chi connectivity index (χ1) is 8.66. The standard InChI is InChI=1S/C14H10BrFN2/c1-9-17-12-4-2-3-5-13(12)18(9)14-8-10(15)6-7-11(14)16/h2-8H,1H3. The van der Waals surface area contributed by atoms with E-state index in [-0.39, 0.29) is 5.82 Å². The molecule has 0 atom stereocenters. The number of para-hydroxylation sites is 2. The summed E-state index contributed by atoms with van der Waals surface area (Å²) in [5, 5.41) is 0. The lowest BCUT2D eigenvalue weighted by Crippen LogP contribution is -2.00. The Morgan fingerprint density at radius 3 is 2.78 bits per heavy atom. The van der Waals surface area contributed by atoms with E-state index in [0.717, 1.165) is 21.3 Å². The quantitative estimate of drug-likeness (QED) is 0.657. The van der Waals surface area contributed by atoms with Crippen LogP contribution in [-0.2, 0) is 0 Å². The Bertz CT molecular complexity index is 734. The molecule has 1 heterocycles. The van der Waals surface area contributed by atoms with E-state index in [9.17, 15) is 4.39 Å². The number of hydrogen-bond donors (Lipinski definition) is 0. The van der Waals surface area contributed by atoms with Crippen LogP contribution in [0.15, 0.2) is 46.9 Å². The largest absolute Gasteiger partial charge is 0.294 e. The normalized spacial score (nSPS) is 11.1. The minimum atomic E-state index is -0.260. The zero-order valence-electron chi connectivity index (χ0n) is 9.69. The van der Waals surface area contributed by atoms with Crippen LogP contribution in [0.1, 0.15) is 5.82 Å². The third kappa shape index (κ3) is 1.73. The average molecular weight is 305 g/mol. The molecule has 0 aliphatic rings. The number of aryl methyl sites for hydroxylation is 1. The van der Waals surface area contributed by atoms with Crippen LogP contribution >= 0.6 is 15.9 Å². The lowest BCUT2D eigenvalue weighted by Gasteiger charge is -2.08. The van der Waals surface area contributed by atoms with Gasteiger partial charge in [0.25, 0.3) is 0 Å². The van der Waals surface area contributed by atoms with Gasteiger partial charge in [-0.1, -0.05) is 28.1 Å². The molecule has 0 bridgehead atoms. The van der Waals surface area contributed by atoms with Crippen molar-refractivity contribution in [1.29, 1.82) is 0 Å². The summed E-state index contributed by atoms with van der Waals surface area (Å²) in [6, 6.07) is 12.6. The maximum atomic E-state index is 14.0. The maximum Gasteiger partial charge on any atom is 0.147 e. The fraction of sp³-hybridized carbons (Fsp3) is 0.0714. The molecule has 2 aromatic carbocycles. The molecule has 0 unspecified atom stereocenters. The first-order valence-corrected chi connectivity index (χ1v) is 6.35. The first-order valence-electron chi connectivity index (χ1n) is 5.56. The van der Waals surface area contributed by atoms with Crippen molar-refractivity contribution in [2.75, 3.05) is 0 Å². The van der Waals surface area contributed by atoms with Crippen molar-refractivity contribution < 1.29 is 4.39 Å². The molecule has 0 spiro atoms. The lowest BCUT2D eigenvalue weighted by molar-refractivity contribution is 0.617. The summed E-state index contributed by atoms with van der Waals surface area (Å²) >= 11 is 3.37. The Kier molecular flexibility index (Phi) is 2.67. The van der Waals surface area contributed by atoms with Gasteiger partial charge in [-0.25, -0.2) is 9.37 Å². The molecule has 1 aromatic heterocycles. The van der Waals surface area contributed by atoms with Crippen molar-refractivity contribution in [1.82, 2.24) is 9.55 Å². The van der Waals surface area contributed by atoms with Gasteiger partial charge < -0.3 is 0 Å². The van der Waals surface area contributed by atoms with Gasteiger partial charge in [0.1, 0.15) is 11.6 Å². The van der Waals surface area contributed by atoms with Gasteiger partial charge in [-0.15, -0.1) is 0 Å². The van der Waals surface area contributed by atoms with Crippen LogP contribution in [0.25, 0.3) is 16.7 Å².